The Bertz CT molecular complexity index is 289. The van der Waals surface area contributed by atoms with Gasteiger partial charge in [0, 0.05) is 0 Å². The summed E-state index contributed by atoms with van der Waals surface area (Å²) in [6.07, 6.45) is -0.369. The molecule has 62 valence electrons. The van der Waals surface area contributed by atoms with Crippen LogP contribution >= 0.6 is 0 Å². The van der Waals surface area contributed by atoms with E-state index in [0.717, 1.165) is 11.1 Å². The van der Waals surface area contributed by atoms with E-state index in [2.05, 4.69) is 19.8 Å². The van der Waals surface area contributed by atoms with Gasteiger partial charge in [-0.2, -0.15) is 0 Å². The fourth-order valence-corrected chi connectivity index (χ4v) is 3.90. The van der Waals surface area contributed by atoms with E-state index < -0.39 is 0 Å². The summed E-state index contributed by atoms with van der Waals surface area (Å²) in [6, 6.07) is 4.06. The van der Waals surface area contributed by atoms with Crippen LogP contribution in [0.3, 0.4) is 0 Å². The predicted molar refractivity (Wildman–Crippen MR) is 50.8 cm³/mol. The Morgan fingerprint density at radius 2 is 1.50 bits per heavy atom. The Balaban J connectivity index is 2.27. The van der Waals surface area contributed by atoms with Crippen LogP contribution < -0.4 is 0 Å². The molecular formula is C9H8OSe2. The summed E-state index contributed by atoms with van der Waals surface area (Å²) in [4.78, 5) is 8.54. The fourth-order valence-electron chi connectivity index (χ4n) is 1.05. The topological polar surface area (TPSA) is 20.2 Å². The first kappa shape index (κ1) is 8.55. The van der Waals surface area contributed by atoms with E-state index >= 15 is 0 Å². The molecule has 0 unspecified atom stereocenters. The number of aliphatic hydroxyl groups is 1. The van der Waals surface area contributed by atoms with Gasteiger partial charge in [0.05, 0.1) is 0 Å². The van der Waals surface area contributed by atoms with Gasteiger partial charge in [-0.3, -0.25) is 0 Å². The molecule has 0 saturated heterocycles. The van der Waals surface area contributed by atoms with Crippen LogP contribution in [-0.4, -0.2) is 34.1 Å². The van der Waals surface area contributed by atoms with Gasteiger partial charge in [0.2, 0.25) is 0 Å². The van der Waals surface area contributed by atoms with Gasteiger partial charge in [-0.25, -0.2) is 0 Å². The second-order valence-corrected chi connectivity index (χ2v) is 5.79. The minimum absolute atomic E-state index is 0.369. The molecule has 0 amide bonds. The summed E-state index contributed by atoms with van der Waals surface area (Å²) in [6.45, 7) is 0. The second-order valence-electron chi connectivity index (χ2n) is 2.52. The Morgan fingerprint density at radius 1 is 1.00 bits per heavy atom. The third kappa shape index (κ3) is 1.66. The fraction of sp³-hybridized carbons (Fsp3) is 0.111. The summed E-state index contributed by atoms with van der Waals surface area (Å²) in [5, 5.41) is 9.83. The van der Waals surface area contributed by atoms with Crippen molar-refractivity contribution in [2.75, 3.05) is 0 Å². The zero-order valence-electron chi connectivity index (χ0n) is 6.31. The Labute approximate surface area is 83.2 Å². The Hall–Kier alpha value is -0.0410. The van der Waals surface area contributed by atoms with Crippen LogP contribution in [0.15, 0.2) is 31.9 Å². The number of hydrogen-bond donors (Lipinski definition) is 1. The van der Waals surface area contributed by atoms with Crippen LogP contribution in [0, 0.1) is 0 Å². The molecule has 0 fully saturated rings. The van der Waals surface area contributed by atoms with Gasteiger partial charge in [0.15, 0.2) is 0 Å². The minimum atomic E-state index is -0.369. The van der Waals surface area contributed by atoms with Gasteiger partial charge in [0.25, 0.3) is 0 Å². The van der Waals surface area contributed by atoms with E-state index in [4.69, 9.17) is 0 Å². The van der Waals surface area contributed by atoms with Crippen molar-refractivity contribution in [3.63, 3.8) is 0 Å². The molecule has 3 heteroatoms. The summed E-state index contributed by atoms with van der Waals surface area (Å²) in [5.74, 6) is 0. The van der Waals surface area contributed by atoms with Gasteiger partial charge in [-0.05, 0) is 0 Å². The quantitative estimate of drug-likeness (QED) is 0.814. The molecule has 2 aromatic rings. The standard InChI is InChI=1S/C9H8OSe2/c10-9(7-1-3-11-5-7)8-2-4-12-6-8/h1-6,9-10H. The molecule has 0 spiro atoms. The van der Waals surface area contributed by atoms with Crippen molar-refractivity contribution >= 4 is 29.0 Å². The molecule has 0 radical (unpaired) electrons. The van der Waals surface area contributed by atoms with Crippen LogP contribution in [-0.2, 0) is 0 Å². The third-order valence-corrected chi connectivity index (χ3v) is 4.66. The first-order valence-corrected chi connectivity index (χ1v) is 7.56. The van der Waals surface area contributed by atoms with Gasteiger partial charge >= 0.3 is 83.2 Å². The number of rotatable bonds is 2. The maximum atomic E-state index is 9.83. The van der Waals surface area contributed by atoms with Crippen molar-refractivity contribution < 1.29 is 5.11 Å². The van der Waals surface area contributed by atoms with E-state index in [1.54, 1.807) is 0 Å². The molecule has 0 aliphatic carbocycles. The molecule has 0 bridgehead atoms. The van der Waals surface area contributed by atoms with E-state index in [1.807, 2.05) is 12.1 Å². The van der Waals surface area contributed by atoms with E-state index in [-0.39, 0.29) is 6.10 Å². The normalized spacial score (nSPS) is 10.8. The van der Waals surface area contributed by atoms with E-state index in [0.29, 0.717) is 29.0 Å². The molecule has 2 rings (SSSR count). The van der Waals surface area contributed by atoms with Crippen LogP contribution in [0.2, 0.25) is 0 Å². The molecule has 2 heterocycles. The summed E-state index contributed by atoms with van der Waals surface area (Å²) >= 11 is 0.953. The summed E-state index contributed by atoms with van der Waals surface area (Å²) in [7, 11) is 0. The summed E-state index contributed by atoms with van der Waals surface area (Å²) in [5.41, 5.74) is 2.15. The molecule has 0 aromatic carbocycles. The maximum absolute atomic E-state index is 9.83. The molecule has 12 heavy (non-hydrogen) atoms. The second kappa shape index (κ2) is 3.78. The average molecular weight is 290 g/mol. The molecule has 0 aliphatic heterocycles. The predicted octanol–water partition coefficient (Wildman–Crippen LogP) is 0.882. The van der Waals surface area contributed by atoms with Crippen molar-refractivity contribution in [2.24, 2.45) is 0 Å². The van der Waals surface area contributed by atoms with Crippen molar-refractivity contribution in [3.05, 3.63) is 43.0 Å². The van der Waals surface area contributed by atoms with Crippen LogP contribution in [0.1, 0.15) is 17.2 Å². The number of aliphatic hydroxyl groups excluding tert-OH is 1. The van der Waals surface area contributed by atoms with Crippen molar-refractivity contribution in [3.8, 4) is 0 Å². The Kier molecular flexibility index (Phi) is 2.69. The van der Waals surface area contributed by atoms with Gasteiger partial charge in [-0.1, -0.05) is 0 Å². The van der Waals surface area contributed by atoms with Crippen molar-refractivity contribution in [1.82, 2.24) is 0 Å². The molecular weight excluding hydrogens is 282 g/mol. The molecule has 0 atom stereocenters. The van der Waals surface area contributed by atoms with Crippen molar-refractivity contribution in [2.45, 2.75) is 6.10 Å². The van der Waals surface area contributed by atoms with E-state index in [1.165, 1.54) is 0 Å². The van der Waals surface area contributed by atoms with Gasteiger partial charge in [-0.15, -0.1) is 0 Å². The zero-order valence-corrected chi connectivity index (χ0v) is 9.73. The monoisotopic (exact) mass is 292 g/mol. The van der Waals surface area contributed by atoms with Crippen LogP contribution in [0.25, 0.3) is 0 Å². The zero-order chi connectivity index (χ0) is 8.39. The Morgan fingerprint density at radius 3 is 1.83 bits per heavy atom. The first-order valence-electron chi connectivity index (χ1n) is 3.60. The van der Waals surface area contributed by atoms with Crippen LogP contribution in [0.5, 0.6) is 0 Å². The molecule has 1 nitrogen and oxygen atoms in total. The van der Waals surface area contributed by atoms with Crippen LogP contribution in [0.4, 0.5) is 0 Å². The van der Waals surface area contributed by atoms with Crippen molar-refractivity contribution in [1.29, 1.82) is 0 Å². The molecule has 0 saturated carbocycles. The van der Waals surface area contributed by atoms with Gasteiger partial charge < -0.3 is 0 Å². The number of hydrogen-bond acceptors (Lipinski definition) is 1. The van der Waals surface area contributed by atoms with E-state index in [9.17, 15) is 5.11 Å². The summed E-state index contributed by atoms with van der Waals surface area (Å²) < 4.78 is 0. The third-order valence-electron chi connectivity index (χ3n) is 1.72. The SMILES string of the molecule is OC(c1cc[se]c1)c1cc[se]c1. The molecule has 1 N–H and O–H groups in total. The molecule has 0 aliphatic rings. The van der Waals surface area contributed by atoms with Gasteiger partial charge in [0.1, 0.15) is 0 Å². The molecule has 2 aromatic heterocycles. The first-order chi connectivity index (χ1) is 5.88. The average Bonchev–Trinajstić information content (AvgIpc) is 2.77.